The van der Waals surface area contributed by atoms with E-state index in [9.17, 15) is 0 Å². The Balaban J connectivity index is 0.000000980. The van der Waals surface area contributed by atoms with Gasteiger partial charge in [-0.25, -0.2) is 0 Å². The van der Waals surface area contributed by atoms with Crippen molar-refractivity contribution in [3.8, 4) is 5.75 Å². The Morgan fingerprint density at radius 3 is 2.50 bits per heavy atom. The molecule has 0 N–H and O–H groups in total. The van der Waals surface area contributed by atoms with Crippen molar-refractivity contribution < 1.29 is 32.4 Å². The maximum atomic E-state index is 5.52. The van der Waals surface area contributed by atoms with Gasteiger partial charge in [0.05, 0.1) is 6.61 Å². The van der Waals surface area contributed by atoms with Crippen LogP contribution in [0.15, 0.2) is 42.5 Å². The summed E-state index contributed by atoms with van der Waals surface area (Å²) in [4.78, 5) is 0. The van der Waals surface area contributed by atoms with Crippen molar-refractivity contribution in [2.75, 3.05) is 6.61 Å². The maximum Gasteiger partial charge on any atom is 0.127 e. The maximum absolute atomic E-state index is 5.52. The van der Waals surface area contributed by atoms with Crippen molar-refractivity contribution in [3.63, 3.8) is 0 Å². The van der Waals surface area contributed by atoms with Gasteiger partial charge in [0.1, 0.15) is 5.75 Å². The van der Waals surface area contributed by atoms with Gasteiger partial charge < -0.3 is 4.74 Å². The molecule has 0 aliphatic rings. The quantitative estimate of drug-likeness (QED) is 0.735. The summed E-state index contributed by atoms with van der Waals surface area (Å²) in [5.41, 5.74) is 0. The van der Waals surface area contributed by atoms with Gasteiger partial charge in [-0.2, -0.15) is 0 Å². The molecule has 68 valence electrons. The molecule has 0 unspecified atom stereocenters. The predicted octanol–water partition coefficient (Wildman–Crippen LogP) is 3.24. The second-order valence-corrected chi connectivity index (χ2v) is 2.91. The van der Waals surface area contributed by atoms with E-state index in [4.69, 9.17) is 4.74 Å². The van der Waals surface area contributed by atoms with Gasteiger partial charge in [0.2, 0.25) is 0 Å². The zero-order chi connectivity index (χ0) is 9.10. The van der Waals surface area contributed by atoms with Gasteiger partial charge in [0.25, 0.3) is 0 Å². The smallest absolute Gasteiger partial charge is 0.127 e. The van der Waals surface area contributed by atoms with E-state index in [0.717, 1.165) is 5.75 Å². The first-order chi connectivity index (χ1) is 6.42. The van der Waals surface area contributed by atoms with E-state index < -0.39 is 0 Å². The van der Waals surface area contributed by atoms with Gasteiger partial charge in [-0.3, -0.25) is 0 Å². The van der Waals surface area contributed by atoms with Crippen LogP contribution in [0.25, 0.3) is 10.8 Å². The van der Waals surface area contributed by atoms with Gasteiger partial charge >= 0.3 is 0 Å². The topological polar surface area (TPSA) is 9.23 Å². The molecule has 14 heavy (non-hydrogen) atoms. The first-order valence-corrected chi connectivity index (χ1v) is 4.52. The predicted molar refractivity (Wildman–Crippen MR) is 55.1 cm³/mol. The summed E-state index contributed by atoms with van der Waals surface area (Å²) in [7, 11) is 0. The molecule has 0 saturated carbocycles. The first kappa shape index (κ1) is 11.5. The van der Waals surface area contributed by atoms with E-state index in [1.807, 2.05) is 31.2 Å². The fourth-order valence-electron chi connectivity index (χ4n) is 1.48. The Morgan fingerprint density at radius 1 is 1.00 bits per heavy atom. The van der Waals surface area contributed by atoms with Crippen LogP contribution in [0, 0.1) is 0 Å². The summed E-state index contributed by atoms with van der Waals surface area (Å²) in [6, 6.07) is 14.4. The fourth-order valence-corrected chi connectivity index (χ4v) is 1.48. The number of hydrogen-bond acceptors (Lipinski definition) is 1. The van der Waals surface area contributed by atoms with Gasteiger partial charge in [0, 0.05) is 33.1 Å². The normalized spacial score (nSPS) is 9.50. The van der Waals surface area contributed by atoms with Crippen molar-refractivity contribution in [3.05, 3.63) is 42.5 Å². The largest absolute Gasteiger partial charge is 0.493 e. The molecule has 2 aromatic carbocycles. The van der Waals surface area contributed by atoms with Crippen LogP contribution in [0.2, 0.25) is 0 Å². The minimum Gasteiger partial charge on any atom is -0.493 e. The third-order valence-corrected chi connectivity index (χ3v) is 2.05. The second-order valence-electron chi connectivity index (χ2n) is 2.91. The molecule has 2 rings (SSSR count). The standard InChI is InChI=1S/C12H12O.Hg/c1-2-13-12-9-5-7-10-6-3-4-8-11(10)12;/h3-9H,2H2,1H3;. The molecule has 0 radical (unpaired) electrons. The van der Waals surface area contributed by atoms with Crippen LogP contribution in [-0.2, 0) is 27.7 Å². The Kier molecular flexibility index (Phi) is 4.40. The SMILES string of the molecule is CCOc1cccc2ccccc12.[Hg]. The first-order valence-electron chi connectivity index (χ1n) is 4.52. The molecule has 0 aliphatic heterocycles. The van der Waals surface area contributed by atoms with E-state index in [1.54, 1.807) is 0 Å². The average Bonchev–Trinajstić information content (AvgIpc) is 2.19. The van der Waals surface area contributed by atoms with Gasteiger partial charge in [0.15, 0.2) is 0 Å². The van der Waals surface area contributed by atoms with Crippen molar-refractivity contribution in [2.24, 2.45) is 0 Å². The molecule has 2 heteroatoms. The van der Waals surface area contributed by atoms with Crippen molar-refractivity contribution in [1.29, 1.82) is 0 Å². The molecular weight excluding hydrogens is 361 g/mol. The Bertz CT molecular complexity index is 406. The molecule has 0 saturated heterocycles. The van der Waals surface area contributed by atoms with Crippen molar-refractivity contribution in [2.45, 2.75) is 6.92 Å². The minimum atomic E-state index is 0. The van der Waals surface area contributed by atoms with E-state index in [0.29, 0.717) is 6.61 Å². The molecule has 1 nitrogen and oxygen atoms in total. The van der Waals surface area contributed by atoms with Gasteiger partial charge in [-0.15, -0.1) is 0 Å². The van der Waals surface area contributed by atoms with Crippen molar-refractivity contribution >= 4 is 10.8 Å². The van der Waals surface area contributed by atoms with Crippen LogP contribution in [0.4, 0.5) is 0 Å². The number of fused-ring (bicyclic) bond motifs is 1. The summed E-state index contributed by atoms with van der Waals surface area (Å²) in [5, 5.41) is 2.42. The zero-order valence-corrected chi connectivity index (χ0v) is 13.9. The van der Waals surface area contributed by atoms with E-state index in [2.05, 4.69) is 18.2 Å². The van der Waals surface area contributed by atoms with Crippen LogP contribution in [-0.4, -0.2) is 6.61 Å². The van der Waals surface area contributed by atoms with Crippen LogP contribution >= 0.6 is 0 Å². The number of rotatable bonds is 2. The minimum absolute atomic E-state index is 0. The summed E-state index contributed by atoms with van der Waals surface area (Å²) < 4.78 is 5.52. The summed E-state index contributed by atoms with van der Waals surface area (Å²) in [5.74, 6) is 0.973. The monoisotopic (exact) mass is 374 g/mol. The summed E-state index contributed by atoms with van der Waals surface area (Å²) in [6.07, 6.45) is 0. The molecule has 0 spiro atoms. The molecule has 0 amide bonds. The van der Waals surface area contributed by atoms with E-state index >= 15 is 0 Å². The van der Waals surface area contributed by atoms with Gasteiger partial charge in [-0.05, 0) is 18.4 Å². The molecule has 2 aromatic rings. The van der Waals surface area contributed by atoms with Gasteiger partial charge in [-0.1, -0.05) is 36.4 Å². The molecule has 0 atom stereocenters. The van der Waals surface area contributed by atoms with Crippen LogP contribution < -0.4 is 4.74 Å². The Hall–Kier alpha value is -0.565. The van der Waals surface area contributed by atoms with Crippen LogP contribution in [0.3, 0.4) is 0 Å². The fraction of sp³-hybridized carbons (Fsp3) is 0.167. The third kappa shape index (κ3) is 2.27. The number of ether oxygens (including phenoxy) is 1. The summed E-state index contributed by atoms with van der Waals surface area (Å²) in [6.45, 7) is 2.72. The molecule has 0 aliphatic carbocycles. The molecule has 0 fully saturated rings. The zero-order valence-electron chi connectivity index (χ0n) is 8.36. The number of hydrogen-bond donors (Lipinski definition) is 0. The van der Waals surface area contributed by atoms with Crippen LogP contribution in [0.5, 0.6) is 5.75 Å². The average molecular weight is 373 g/mol. The van der Waals surface area contributed by atoms with E-state index in [-0.39, 0.29) is 27.7 Å². The van der Waals surface area contributed by atoms with Crippen LogP contribution in [0.1, 0.15) is 6.92 Å². The molecular formula is C12H12HgO. The Labute approximate surface area is 105 Å². The molecule has 0 heterocycles. The second kappa shape index (κ2) is 5.35. The van der Waals surface area contributed by atoms with Crippen molar-refractivity contribution in [1.82, 2.24) is 0 Å². The molecule has 0 bridgehead atoms. The van der Waals surface area contributed by atoms with E-state index in [1.165, 1.54) is 10.8 Å². The number of benzene rings is 2. The molecule has 0 aromatic heterocycles. The third-order valence-electron chi connectivity index (χ3n) is 2.05. The summed E-state index contributed by atoms with van der Waals surface area (Å²) >= 11 is 0. The Morgan fingerprint density at radius 2 is 1.71 bits per heavy atom.